The average molecular weight is 433 g/mol. The normalized spacial score (nSPS) is 15.6. The van der Waals surface area contributed by atoms with Crippen molar-refractivity contribution in [1.82, 2.24) is 20.2 Å². The zero-order valence-corrected chi connectivity index (χ0v) is 16.6. The number of carbonyl (C=O) groups is 2. The fraction of sp³-hybridized carbons (Fsp3) is 0.167. The molecule has 0 spiro atoms. The van der Waals surface area contributed by atoms with Gasteiger partial charge in [-0.2, -0.15) is 4.68 Å². The van der Waals surface area contributed by atoms with E-state index in [1.54, 1.807) is 25.1 Å². The van der Waals surface area contributed by atoms with Crippen molar-refractivity contribution in [3.05, 3.63) is 53.1 Å². The van der Waals surface area contributed by atoms with Crippen LogP contribution in [-0.4, -0.2) is 37.3 Å². The van der Waals surface area contributed by atoms with Crippen LogP contribution in [0.2, 0.25) is 5.02 Å². The van der Waals surface area contributed by atoms with Gasteiger partial charge in [0, 0.05) is 22.0 Å². The molecule has 2 aromatic carbocycles. The van der Waals surface area contributed by atoms with Crippen LogP contribution in [0.3, 0.4) is 0 Å². The Hall–Kier alpha value is -2.98. The van der Waals surface area contributed by atoms with E-state index in [0.717, 1.165) is 4.90 Å². The van der Waals surface area contributed by atoms with Crippen LogP contribution < -0.4 is 10.6 Å². The van der Waals surface area contributed by atoms with Crippen molar-refractivity contribution in [3.8, 4) is 5.69 Å². The number of rotatable bonds is 4. The van der Waals surface area contributed by atoms with Gasteiger partial charge < -0.3 is 10.6 Å². The van der Waals surface area contributed by atoms with E-state index in [0.29, 0.717) is 22.2 Å². The summed E-state index contributed by atoms with van der Waals surface area (Å²) in [5.41, 5.74) is 1.11. The summed E-state index contributed by atoms with van der Waals surface area (Å²) in [5, 5.41) is 16.3. The summed E-state index contributed by atoms with van der Waals surface area (Å²) in [6.07, 6.45) is -0.0464. The molecule has 148 valence electrons. The highest BCUT2D eigenvalue weighted by atomic mass is 35.5. The molecular formula is C18H14ClFN6O2S. The number of nitrogens with one attached hydrogen (secondary N) is 2. The lowest BCUT2D eigenvalue weighted by Gasteiger charge is -2.23. The topological polar surface area (TPSA) is 102 Å². The van der Waals surface area contributed by atoms with Crippen molar-refractivity contribution < 1.29 is 14.0 Å². The number of thioether (sulfide) groups is 1. The molecule has 29 heavy (non-hydrogen) atoms. The second-order valence-electron chi connectivity index (χ2n) is 6.29. The number of aryl methyl sites for hydroxylation is 1. The molecule has 2 amide bonds. The van der Waals surface area contributed by atoms with Gasteiger partial charge in [0.1, 0.15) is 11.5 Å². The number of carbonyl (C=O) groups excluding carboxylic acids is 2. The Bertz CT molecular complexity index is 1120. The Balaban J connectivity index is 1.47. The predicted molar refractivity (Wildman–Crippen MR) is 107 cm³/mol. The fourth-order valence-electron chi connectivity index (χ4n) is 2.84. The van der Waals surface area contributed by atoms with Gasteiger partial charge in [-0.15, -0.1) is 16.9 Å². The zero-order valence-electron chi connectivity index (χ0n) is 15.0. The van der Waals surface area contributed by atoms with E-state index in [4.69, 9.17) is 11.6 Å². The second kappa shape index (κ2) is 7.80. The summed E-state index contributed by atoms with van der Waals surface area (Å²) >= 11 is 7.24. The predicted octanol–water partition coefficient (Wildman–Crippen LogP) is 3.20. The molecule has 0 saturated carbocycles. The number of fused-ring (bicyclic) bond motifs is 1. The molecule has 0 bridgehead atoms. The first-order valence-corrected chi connectivity index (χ1v) is 9.78. The Morgan fingerprint density at radius 1 is 1.34 bits per heavy atom. The number of hydrogen-bond donors (Lipinski definition) is 2. The van der Waals surface area contributed by atoms with Gasteiger partial charge in [-0.1, -0.05) is 11.6 Å². The van der Waals surface area contributed by atoms with Crippen molar-refractivity contribution in [2.24, 2.45) is 0 Å². The zero-order chi connectivity index (χ0) is 20.5. The number of aromatic nitrogens is 4. The number of anilines is 2. The molecular weight excluding hydrogens is 419 g/mol. The van der Waals surface area contributed by atoms with Crippen molar-refractivity contribution >= 4 is 46.6 Å². The van der Waals surface area contributed by atoms with Crippen LogP contribution in [0.1, 0.15) is 12.2 Å². The van der Waals surface area contributed by atoms with Gasteiger partial charge in [-0.3, -0.25) is 9.59 Å². The van der Waals surface area contributed by atoms with Gasteiger partial charge in [-0.05, 0) is 53.7 Å². The Labute approximate surface area is 173 Å². The largest absolute Gasteiger partial charge is 0.326 e. The Morgan fingerprint density at radius 3 is 2.93 bits per heavy atom. The van der Waals surface area contributed by atoms with E-state index >= 15 is 0 Å². The fourth-order valence-corrected chi connectivity index (χ4v) is 4.11. The molecule has 11 heteroatoms. The van der Waals surface area contributed by atoms with E-state index < -0.39 is 11.1 Å². The SMILES string of the molecule is Cc1nnnn1-c1cc(NC(=O)CC2Sc3ccc(Cl)cc3NC2=O)ccc1F. The van der Waals surface area contributed by atoms with Crippen molar-refractivity contribution in [2.75, 3.05) is 10.6 Å². The number of benzene rings is 2. The van der Waals surface area contributed by atoms with Crippen LogP contribution in [-0.2, 0) is 9.59 Å². The first-order valence-electron chi connectivity index (χ1n) is 8.52. The maximum absolute atomic E-state index is 14.1. The van der Waals surface area contributed by atoms with Gasteiger partial charge in [0.25, 0.3) is 0 Å². The molecule has 1 aliphatic heterocycles. The van der Waals surface area contributed by atoms with Gasteiger partial charge >= 0.3 is 0 Å². The number of hydrogen-bond acceptors (Lipinski definition) is 6. The van der Waals surface area contributed by atoms with Crippen LogP contribution in [0.4, 0.5) is 15.8 Å². The molecule has 2 N–H and O–H groups in total. The minimum atomic E-state index is -0.592. The summed E-state index contributed by atoms with van der Waals surface area (Å²) in [5.74, 6) is -0.776. The first-order chi connectivity index (χ1) is 13.9. The monoisotopic (exact) mass is 432 g/mol. The van der Waals surface area contributed by atoms with E-state index in [-0.39, 0.29) is 23.9 Å². The molecule has 0 radical (unpaired) electrons. The van der Waals surface area contributed by atoms with Gasteiger partial charge in [0.2, 0.25) is 11.8 Å². The molecule has 8 nitrogen and oxygen atoms in total. The lowest BCUT2D eigenvalue weighted by atomic mass is 10.2. The summed E-state index contributed by atoms with van der Waals surface area (Å²) < 4.78 is 15.4. The highest BCUT2D eigenvalue weighted by Gasteiger charge is 2.29. The standard InChI is InChI=1S/C18H14ClFN6O2S/c1-9-23-24-25-26(9)14-7-11(3-4-12(14)20)21-17(27)8-16-18(28)22-13-6-10(19)2-5-15(13)29-16/h2-7,16H,8H2,1H3,(H,21,27)(H,22,28). The molecule has 1 atom stereocenters. The Morgan fingerprint density at radius 2 is 2.17 bits per heavy atom. The molecule has 0 fully saturated rings. The van der Waals surface area contributed by atoms with Crippen LogP contribution in [0, 0.1) is 12.7 Å². The van der Waals surface area contributed by atoms with Crippen LogP contribution >= 0.6 is 23.4 Å². The molecule has 1 aromatic heterocycles. The van der Waals surface area contributed by atoms with E-state index in [1.807, 2.05) is 0 Å². The second-order valence-corrected chi connectivity index (χ2v) is 7.97. The molecule has 1 aliphatic rings. The van der Waals surface area contributed by atoms with Gasteiger partial charge in [-0.25, -0.2) is 4.39 Å². The minimum Gasteiger partial charge on any atom is -0.326 e. The highest BCUT2D eigenvalue weighted by Crippen LogP contribution is 2.38. The third-order valence-electron chi connectivity index (χ3n) is 4.22. The molecule has 1 unspecified atom stereocenters. The summed E-state index contributed by atoms with van der Waals surface area (Å²) in [6, 6.07) is 9.27. The van der Waals surface area contributed by atoms with Crippen molar-refractivity contribution in [2.45, 2.75) is 23.5 Å². The maximum Gasteiger partial charge on any atom is 0.238 e. The summed E-state index contributed by atoms with van der Waals surface area (Å²) in [6.45, 7) is 1.63. The average Bonchev–Trinajstić information content (AvgIpc) is 3.10. The summed E-state index contributed by atoms with van der Waals surface area (Å²) in [4.78, 5) is 25.6. The van der Waals surface area contributed by atoms with Crippen LogP contribution in [0.5, 0.6) is 0 Å². The number of halogens is 2. The molecule has 0 saturated heterocycles. The molecule has 3 aromatic rings. The third-order valence-corrected chi connectivity index (χ3v) is 5.73. The Kier molecular flexibility index (Phi) is 5.20. The number of tetrazole rings is 1. The van der Waals surface area contributed by atoms with E-state index in [9.17, 15) is 14.0 Å². The smallest absolute Gasteiger partial charge is 0.238 e. The number of nitrogens with zero attached hydrogens (tertiary/aromatic N) is 4. The molecule has 0 aliphatic carbocycles. The van der Waals surface area contributed by atoms with Crippen LogP contribution in [0.15, 0.2) is 41.3 Å². The lowest BCUT2D eigenvalue weighted by molar-refractivity contribution is -0.120. The maximum atomic E-state index is 14.1. The molecule has 4 rings (SSSR count). The summed E-state index contributed by atoms with van der Waals surface area (Å²) in [7, 11) is 0. The van der Waals surface area contributed by atoms with E-state index in [1.165, 1.54) is 34.6 Å². The van der Waals surface area contributed by atoms with Gasteiger partial charge in [0.15, 0.2) is 5.82 Å². The van der Waals surface area contributed by atoms with E-state index in [2.05, 4.69) is 26.2 Å². The van der Waals surface area contributed by atoms with Crippen molar-refractivity contribution in [1.29, 1.82) is 0 Å². The van der Waals surface area contributed by atoms with Crippen LogP contribution in [0.25, 0.3) is 5.69 Å². The van der Waals surface area contributed by atoms with Crippen molar-refractivity contribution in [3.63, 3.8) is 0 Å². The minimum absolute atomic E-state index is 0.0464. The quantitative estimate of drug-likeness (QED) is 0.656. The van der Waals surface area contributed by atoms with Gasteiger partial charge in [0.05, 0.1) is 10.9 Å². The lowest BCUT2D eigenvalue weighted by Crippen LogP contribution is -2.32. The first kappa shape index (κ1) is 19.3. The molecule has 2 heterocycles. The third kappa shape index (κ3) is 4.08. The highest BCUT2D eigenvalue weighted by molar-refractivity contribution is 8.01. The number of amides is 2.